The Kier molecular flexibility index (Phi) is 5.33. The van der Waals surface area contributed by atoms with Gasteiger partial charge in [0.1, 0.15) is 5.60 Å². The number of nitriles is 1. The number of allylic oxidation sites excluding steroid dienone is 3. The fourth-order valence-corrected chi connectivity index (χ4v) is 8.00. The minimum atomic E-state index is -1.23. The van der Waals surface area contributed by atoms with Gasteiger partial charge < -0.3 is 5.11 Å². The Morgan fingerprint density at radius 3 is 2.36 bits per heavy atom. The number of benzene rings is 2. The van der Waals surface area contributed by atoms with Gasteiger partial charge in [-0.1, -0.05) is 60.9 Å². The fourth-order valence-electron chi connectivity index (χ4n) is 8.00. The van der Waals surface area contributed by atoms with Crippen molar-refractivity contribution < 1.29 is 9.90 Å². The molecule has 0 radical (unpaired) electrons. The SMILES string of the molecule is C#C[C@]1(O)C=CC2C3CCC4=CC(=O)CCC4C3[C@@H](c3ccc(-c4ccc(C#N)cc4)cc3)C[C@@]21C. The predicted octanol–water partition coefficient (Wildman–Crippen LogP) is 6.20. The molecule has 0 saturated heterocycles. The summed E-state index contributed by atoms with van der Waals surface area (Å²) in [6.07, 6.45) is 16.3. The third-order valence-electron chi connectivity index (χ3n) is 9.88. The van der Waals surface area contributed by atoms with E-state index < -0.39 is 11.0 Å². The Labute approximate surface area is 213 Å². The molecule has 4 unspecified atom stereocenters. The highest BCUT2D eigenvalue weighted by Gasteiger charge is 2.62. The number of hydrogen-bond donors (Lipinski definition) is 1. The molecule has 2 aromatic rings. The number of hydrogen-bond acceptors (Lipinski definition) is 3. The lowest BCUT2D eigenvalue weighted by Gasteiger charge is -2.58. The molecule has 3 nitrogen and oxygen atoms in total. The molecule has 4 aliphatic rings. The van der Waals surface area contributed by atoms with E-state index in [0.29, 0.717) is 29.7 Å². The van der Waals surface area contributed by atoms with Gasteiger partial charge in [-0.15, -0.1) is 6.42 Å². The van der Waals surface area contributed by atoms with Crippen molar-refractivity contribution in [2.24, 2.45) is 29.1 Å². The largest absolute Gasteiger partial charge is 0.373 e. The number of nitrogens with zero attached hydrogens (tertiary/aromatic N) is 1. The van der Waals surface area contributed by atoms with E-state index in [1.54, 1.807) is 0 Å². The lowest BCUT2D eigenvalue weighted by atomic mass is 9.46. The van der Waals surface area contributed by atoms with Crippen LogP contribution in [0, 0.1) is 52.8 Å². The van der Waals surface area contributed by atoms with Gasteiger partial charge in [0.25, 0.3) is 0 Å². The highest BCUT2D eigenvalue weighted by Crippen LogP contribution is 2.66. The van der Waals surface area contributed by atoms with Crippen molar-refractivity contribution in [1.82, 2.24) is 0 Å². The van der Waals surface area contributed by atoms with Crippen molar-refractivity contribution in [3.05, 3.63) is 83.5 Å². The second-order valence-corrected chi connectivity index (χ2v) is 11.4. The van der Waals surface area contributed by atoms with Crippen LogP contribution in [0.2, 0.25) is 0 Å². The fraction of sp³-hybridized carbons (Fsp3) is 0.394. The molecule has 2 saturated carbocycles. The summed E-state index contributed by atoms with van der Waals surface area (Å²) in [7, 11) is 0. The second-order valence-electron chi connectivity index (χ2n) is 11.4. The minimum Gasteiger partial charge on any atom is -0.373 e. The molecule has 4 aliphatic carbocycles. The van der Waals surface area contributed by atoms with Gasteiger partial charge in [0, 0.05) is 11.8 Å². The number of fused-ring (bicyclic) bond motifs is 5. The molecule has 0 aliphatic heterocycles. The Hall–Kier alpha value is -3.40. The van der Waals surface area contributed by atoms with Crippen LogP contribution in [0.25, 0.3) is 11.1 Å². The summed E-state index contributed by atoms with van der Waals surface area (Å²) in [4.78, 5) is 12.2. The van der Waals surface area contributed by atoms with E-state index in [1.807, 2.05) is 36.4 Å². The summed E-state index contributed by atoms with van der Waals surface area (Å²) in [5.74, 6) is 4.80. The highest BCUT2D eigenvalue weighted by atomic mass is 16.3. The van der Waals surface area contributed by atoms with Crippen molar-refractivity contribution in [2.75, 3.05) is 0 Å². The molecule has 180 valence electrons. The van der Waals surface area contributed by atoms with Crippen LogP contribution >= 0.6 is 0 Å². The van der Waals surface area contributed by atoms with Crippen LogP contribution < -0.4 is 0 Å². The quantitative estimate of drug-likeness (QED) is 0.417. The van der Waals surface area contributed by atoms with Crippen molar-refractivity contribution in [1.29, 1.82) is 5.26 Å². The first-order valence-corrected chi connectivity index (χ1v) is 13.1. The average Bonchev–Trinajstić information content (AvgIpc) is 3.18. The maximum Gasteiger partial charge on any atom is 0.155 e. The summed E-state index contributed by atoms with van der Waals surface area (Å²) < 4.78 is 0. The van der Waals surface area contributed by atoms with Crippen LogP contribution in [0.15, 0.2) is 72.3 Å². The van der Waals surface area contributed by atoms with Crippen LogP contribution in [0.1, 0.15) is 56.1 Å². The standard InChI is InChI=1S/C33H31NO2/c1-3-33(36)17-16-30-28-14-12-25-18-26(35)13-15-27(25)31(28)29(19-32(30,33)2)24-10-8-23(9-11-24)22-6-4-21(20-34)5-7-22/h1,4-11,16-18,27-31,36H,12-15,19H2,2H3/t27?,28?,29-,30?,31?,32+,33+/m1/s1. The van der Waals surface area contributed by atoms with Crippen molar-refractivity contribution in [2.45, 2.75) is 50.5 Å². The van der Waals surface area contributed by atoms with Crippen molar-refractivity contribution in [3.63, 3.8) is 0 Å². The first-order chi connectivity index (χ1) is 17.4. The van der Waals surface area contributed by atoms with E-state index in [2.05, 4.69) is 49.3 Å². The maximum atomic E-state index is 12.2. The molecule has 6 rings (SSSR count). The maximum absolute atomic E-state index is 12.2. The van der Waals surface area contributed by atoms with Gasteiger partial charge in [0.05, 0.1) is 11.6 Å². The molecule has 0 bridgehead atoms. The Balaban J connectivity index is 1.40. The van der Waals surface area contributed by atoms with Crippen LogP contribution in [0.5, 0.6) is 0 Å². The zero-order chi connectivity index (χ0) is 25.1. The zero-order valence-electron chi connectivity index (χ0n) is 20.7. The summed E-state index contributed by atoms with van der Waals surface area (Å²) in [6, 6.07) is 18.7. The second kappa shape index (κ2) is 8.33. The molecule has 7 atom stereocenters. The number of carbonyl (C=O) groups is 1. The van der Waals surface area contributed by atoms with Crippen LogP contribution in [-0.4, -0.2) is 16.5 Å². The van der Waals surface area contributed by atoms with Gasteiger partial charge in [-0.3, -0.25) is 4.79 Å². The molecular formula is C33H31NO2. The molecule has 3 heteroatoms. The van der Waals surface area contributed by atoms with Crippen molar-refractivity contribution >= 4 is 5.78 Å². The Morgan fingerprint density at radius 2 is 1.69 bits per heavy atom. The van der Waals surface area contributed by atoms with E-state index in [-0.39, 0.29) is 17.6 Å². The van der Waals surface area contributed by atoms with Crippen LogP contribution in [0.3, 0.4) is 0 Å². The number of terminal acetylenes is 1. The van der Waals surface area contributed by atoms with E-state index in [1.165, 1.54) is 11.1 Å². The number of carbonyl (C=O) groups excluding carboxylic acids is 1. The smallest absolute Gasteiger partial charge is 0.155 e. The lowest BCUT2D eigenvalue weighted by molar-refractivity contribution is -0.116. The highest BCUT2D eigenvalue weighted by molar-refractivity contribution is 5.91. The summed E-state index contributed by atoms with van der Waals surface area (Å²) in [5.41, 5.74) is 3.84. The summed E-state index contributed by atoms with van der Waals surface area (Å²) in [5, 5.41) is 20.6. The molecule has 2 aromatic carbocycles. The topological polar surface area (TPSA) is 61.1 Å². The first-order valence-electron chi connectivity index (χ1n) is 13.1. The summed E-state index contributed by atoms with van der Waals surface area (Å²) in [6.45, 7) is 2.18. The first kappa shape index (κ1) is 23.0. The lowest BCUT2D eigenvalue weighted by Crippen LogP contribution is -2.55. The van der Waals surface area contributed by atoms with Gasteiger partial charge >= 0.3 is 0 Å². The molecule has 36 heavy (non-hydrogen) atoms. The van der Waals surface area contributed by atoms with E-state index in [4.69, 9.17) is 11.7 Å². The van der Waals surface area contributed by atoms with Gasteiger partial charge in [-0.05, 0) is 96.2 Å². The summed E-state index contributed by atoms with van der Waals surface area (Å²) >= 11 is 0. The molecule has 0 heterocycles. The Bertz CT molecular complexity index is 1350. The number of aliphatic hydroxyl groups is 1. The average molecular weight is 474 g/mol. The molecular weight excluding hydrogens is 442 g/mol. The Morgan fingerprint density at radius 1 is 1.00 bits per heavy atom. The van der Waals surface area contributed by atoms with Gasteiger partial charge in [-0.25, -0.2) is 0 Å². The van der Waals surface area contributed by atoms with E-state index in [9.17, 15) is 9.90 Å². The molecule has 0 aromatic heterocycles. The predicted molar refractivity (Wildman–Crippen MR) is 140 cm³/mol. The third kappa shape index (κ3) is 3.34. The normalized spacial score (nSPS) is 36.6. The van der Waals surface area contributed by atoms with Gasteiger partial charge in [0.15, 0.2) is 5.78 Å². The van der Waals surface area contributed by atoms with E-state index >= 15 is 0 Å². The number of rotatable bonds is 2. The molecule has 2 fully saturated rings. The van der Waals surface area contributed by atoms with E-state index in [0.717, 1.165) is 36.8 Å². The monoisotopic (exact) mass is 473 g/mol. The molecule has 1 N–H and O–H groups in total. The minimum absolute atomic E-state index is 0.247. The molecule has 0 amide bonds. The van der Waals surface area contributed by atoms with Crippen LogP contribution in [0.4, 0.5) is 0 Å². The number of ketones is 1. The third-order valence-corrected chi connectivity index (χ3v) is 9.88. The molecule has 0 spiro atoms. The van der Waals surface area contributed by atoms with Crippen molar-refractivity contribution in [3.8, 4) is 29.5 Å². The van der Waals surface area contributed by atoms with Crippen LogP contribution in [-0.2, 0) is 4.79 Å². The zero-order valence-corrected chi connectivity index (χ0v) is 20.7. The van der Waals surface area contributed by atoms with Gasteiger partial charge in [0.2, 0.25) is 0 Å². The van der Waals surface area contributed by atoms with Gasteiger partial charge in [-0.2, -0.15) is 5.26 Å².